The number of benzene rings is 3. The molecule has 0 fully saturated rings. The number of aromatic nitrogens is 1. The van der Waals surface area contributed by atoms with Crippen LogP contribution in [0.5, 0.6) is 0 Å². The van der Waals surface area contributed by atoms with Gasteiger partial charge in [-0.15, -0.1) is 11.3 Å². The number of nitrogens with one attached hydrogen (secondary N) is 1. The summed E-state index contributed by atoms with van der Waals surface area (Å²) in [6, 6.07) is 19.1. The van der Waals surface area contributed by atoms with Crippen LogP contribution in [0.4, 0.5) is 15.8 Å². The molecule has 0 saturated heterocycles. The molecule has 1 aromatic heterocycles. The molecule has 3 aromatic carbocycles. The molecule has 0 spiro atoms. The highest BCUT2D eigenvalue weighted by atomic mass is 32.1. The van der Waals surface area contributed by atoms with Crippen LogP contribution in [-0.4, -0.2) is 27.7 Å². The zero-order valence-electron chi connectivity index (χ0n) is 17.1. The molecule has 0 radical (unpaired) electrons. The fraction of sp³-hybridized carbons (Fsp3) is 0.0400. The van der Waals surface area contributed by atoms with Crippen molar-refractivity contribution < 1.29 is 19.1 Å². The molecule has 2 N–H and O–H groups in total. The highest BCUT2D eigenvalue weighted by Crippen LogP contribution is 2.35. The summed E-state index contributed by atoms with van der Waals surface area (Å²) >= 11 is 1.24. The number of halogens is 1. The lowest BCUT2D eigenvalue weighted by Gasteiger charge is -2.09. The summed E-state index contributed by atoms with van der Waals surface area (Å²) in [5.41, 5.74) is 4.22. The molecule has 5 rings (SSSR count). The summed E-state index contributed by atoms with van der Waals surface area (Å²) < 4.78 is 14.2. The zero-order chi connectivity index (χ0) is 22.9. The van der Waals surface area contributed by atoms with Crippen LogP contribution in [0.3, 0.4) is 0 Å². The quantitative estimate of drug-likeness (QED) is 0.407. The van der Waals surface area contributed by atoms with Gasteiger partial charge in [0.2, 0.25) is 5.91 Å². The molecule has 162 valence electrons. The van der Waals surface area contributed by atoms with Gasteiger partial charge in [0.15, 0.2) is 5.69 Å². The second kappa shape index (κ2) is 8.40. The van der Waals surface area contributed by atoms with E-state index < -0.39 is 5.97 Å². The number of nitrogens with zero attached hydrogens (tertiary/aromatic N) is 2. The summed E-state index contributed by atoms with van der Waals surface area (Å²) in [5, 5.41) is 14.0. The Morgan fingerprint density at radius 3 is 2.61 bits per heavy atom. The van der Waals surface area contributed by atoms with E-state index in [0.717, 1.165) is 11.1 Å². The molecule has 0 aliphatic carbocycles. The van der Waals surface area contributed by atoms with Crippen LogP contribution >= 0.6 is 11.3 Å². The topological polar surface area (TPSA) is 91.7 Å². The Labute approximate surface area is 192 Å². The van der Waals surface area contributed by atoms with E-state index in [1.54, 1.807) is 36.4 Å². The number of amides is 1. The van der Waals surface area contributed by atoms with Crippen molar-refractivity contribution in [2.75, 3.05) is 5.32 Å². The summed E-state index contributed by atoms with van der Waals surface area (Å²) in [7, 11) is 0. The lowest BCUT2D eigenvalue weighted by atomic mass is 10.0. The molecule has 2 heterocycles. The fourth-order valence-electron chi connectivity index (χ4n) is 3.63. The van der Waals surface area contributed by atoms with Gasteiger partial charge in [0.05, 0.1) is 23.5 Å². The molecule has 4 aromatic rings. The van der Waals surface area contributed by atoms with E-state index in [9.17, 15) is 14.0 Å². The Morgan fingerprint density at radius 2 is 1.82 bits per heavy atom. The molecule has 0 saturated carbocycles. The highest BCUT2D eigenvalue weighted by Gasteiger charge is 2.19. The number of rotatable bonds is 4. The van der Waals surface area contributed by atoms with Crippen LogP contribution in [0.1, 0.15) is 22.5 Å². The van der Waals surface area contributed by atoms with Crippen molar-refractivity contribution in [1.82, 2.24) is 4.98 Å². The van der Waals surface area contributed by atoms with Crippen molar-refractivity contribution in [1.29, 1.82) is 0 Å². The summed E-state index contributed by atoms with van der Waals surface area (Å²) in [6.45, 7) is 0. The molecule has 1 amide bonds. The number of anilines is 1. The fourth-order valence-corrected chi connectivity index (χ4v) is 4.42. The Morgan fingerprint density at radius 1 is 1.00 bits per heavy atom. The molecular formula is C25H16FN3O3S. The average Bonchev–Trinajstić information content (AvgIpc) is 3.24. The van der Waals surface area contributed by atoms with Gasteiger partial charge in [0.25, 0.3) is 0 Å². The van der Waals surface area contributed by atoms with E-state index in [1.165, 1.54) is 22.8 Å². The number of fused-ring (bicyclic) bond motifs is 1. The standard InChI is InChI=1S/C25H16FN3O3S/c26-18-7-2-1-6-17(18)14-8-9-19-21(11-14)28-23(30)12-20(27-19)15-4-3-5-16(10-15)24-29-22(13-33-24)25(31)32/h1-11,13H,12H2,(H,28,30)(H,31,32). The van der Waals surface area contributed by atoms with Gasteiger partial charge in [-0.05, 0) is 35.4 Å². The predicted molar refractivity (Wildman–Crippen MR) is 126 cm³/mol. The number of aliphatic imine (C=N–C) groups is 1. The third-order valence-corrected chi connectivity index (χ3v) is 6.10. The third kappa shape index (κ3) is 4.16. The molecule has 0 unspecified atom stereocenters. The van der Waals surface area contributed by atoms with Gasteiger partial charge in [0.1, 0.15) is 10.8 Å². The van der Waals surface area contributed by atoms with Gasteiger partial charge in [-0.2, -0.15) is 0 Å². The Kier molecular flexibility index (Phi) is 5.27. The Balaban J connectivity index is 1.53. The number of aromatic carboxylic acids is 1. The van der Waals surface area contributed by atoms with Crippen molar-refractivity contribution in [2.24, 2.45) is 4.99 Å². The van der Waals surface area contributed by atoms with Crippen molar-refractivity contribution in [2.45, 2.75) is 6.42 Å². The number of hydrogen-bond acceptors (Lipinski definition) is 5. The third-order valence-electron chi connectivity index (χ3n) is 5.20. The minimum Gasteiger partial charge on any atom is -0.476 e. The monoisotopic (exact) mass is 457 g/mol. The van der Waals surface area contributed by atoms with Crippen LogP contribution in [0.25, 0.3) is 21.7 Å². The summed E-state index contributed by atoms with van der Waals surface area (Å²) in [5.74, 6) is -1.65. The van der Waals surface area contributed by atoms with Crippen LogP contribution in [0.2, 0.25) is 0 Å². The molecule has 6 nitrogen and oxygen atoms in total. The first-order valence-electron chi connectivity index (χ1n) is 10.0. The molecule has 1 aliphatic heterocycles. The average molecular weight is 457 g/mol. The maximum absolute atomic E-state index is 14.2. The first kappa shape index (κ1) is 20.7. The van der Waals surface area contributed by atoms with E-state index in [2.05, 4.69) is 10.3 Å². The number of carbonyl (C=O) groups is 2. The van der Waals surface area contributed by atoms with Gasteiger partial charge in [-0.25, -0.2) is 14.2 Å². The number of carboxylic acid groups (broad SMARTS) is 1. The second-order valence-electron chi connectivity index (χ2n) is 7.42. The maximum atomic E-state index is 14.2. The number of carboxylic acids is 1. The summed E-state index contributed by atoms with van der Waals surface area (Å²) in [6.07, 6.45) is 0.0609. The number of hydrogen-bond donors (Lipinski definition) is 2. The lowest BCUT2D eigenvalue weighted by molar-refractivity contribution is -0.115. The van der Waals surface area contributed by atoms with E-state index in [1.807, 2.05) is 24.3 Å². The van der Waals surface area contributed by atoms with Crippen molar-refractivity contribution in [3.8, 4) is 21.7 Å². The Hall–Kier alpha value is -4.17. The molecule has 1 aliphatic rings. The molecule has 8 heteroatoms. The van der Waals surface area contributed by atoms with Crippen LogP contribution in [-0.2, 0) is 4.79 Å². The van der Waals surface area contributed by atoms with E-state index in [4.69, 9.17) is 10.1 Å². The minimum atomic E-state index is -1.08. The Bertz CT molecular complexity index is 1440. The van der Waals surface area contributed by atoms with Crippen molar-refractivity contribution >= 4 is 40.3 Å². The minimum absolute atomic E-state index is 0.00817. The number of thiazole rings is 1. The molecule has 33 heavy (non-hydrogen) atoms. The van der Waals surface area contributed by atoms with Gasteiger partial charge in [-0.3, -0.25) is 9.79 Å². The highest BCUT2D eigenvalue weighted by molar-refractivity contribution is 7.13. The number of carbonyl (C=O) groups excluding carboxylic acids is 1. The first-order valence-corrected chi connectivity index (χ1v) is 10.9. The summed E-state index contributed by atoms with van der Waals surface area (Å²) in [4.78, 5) is 32.6. The van der Waals surface area contributed by atoms with Gasteiger partial charge < -0.3 is 10.4 Å². The predicted octanol–water partition coefficient (Wildman–Crippen LogP) is 5.78. The normalized spacial score (nSPS) is 13.0. The molecule has 0 bridgehead atoms. The lowest BCUT2D eigenvalue weighted by Crippen LogP contribution is -2.15. The van der Waals surface area contributed by atoms with Crippen LogP contribution in [0.15, 0.2) is 77.1 Å². The van der Waals surface area contributed by atoms with Crippen molar-refractivity contribution in [3.63, 3.8) is 0 Å². The van der Waals surface area contributed by atoms with Gasteiger partial charge in [0, 0.05) is 16.5 Å². The van der Waals surface area contributed by atoms with E-state index >= 15 is 0 Å². The smallest absolute Gasteiger partial charge is 0.355 e. The van der Waals surface area contributed by atoms with E-state index in [-0.39, 0.29) is 23.8 Å². The van der Waals surface area contributed by atoms with Crippen LogP contribution in [0, 0.1) is 5.82 Å². The molecular weight excluding hydrogens is 441 g/mol. The maximum Gasteiger partial charge on any atom is 0.355 e. The largest absolute Gasteiger partial charge is 0.476 e. The zero-order valence-corrected chi connectivity index (χ0v) is 17.9. The van der Waals surface area contributed by atoms with Gasteiger partial charge >= 0.3 is 5.97 Å². The molecule has 0 atom stereocenters. The van der Waals surface area contributed by atoms with Crippen molar-refractivity contribution in [3.05, 3.63) is 89.2 Å². The second-order valence-corrected chi connectivity index (χ2v) is 8.28. The first-order chi connectivity index (χ1) is 16.0. The van der Waals surface area contributed by atoms with Gasteiger partial charge in [-0.1, -0.05) is 42.5 Å². The van der Waals surface area contributed by atoms with E-state index in [0.29, 0.717) is 33.2 Å². The SMILES string of the molecule is O=C1CC(c2cccc(-c3nc(C(=O)O)cs3)c2)=Nc2ccc(-c3ccccc3F)cc2N1. The van der Waals surface area contributed by atoms with Crippen LogP contribution < -0.4 is 5.32 Å².